The van der Waals surface area contributed by atoms with Crippen LogP contribution in [-0.4, -0.2) is 50.9 Å². The van der Waals surface area contributed by atoms with Crippen LogP contribution in [0.1, 0.15) is 37.5 Å². The van der Waals surface area contributed by atoms with Crippen molar-refractivity contribution in [1.82, 2.24) is 10.2 Å². The molecule has 0 aromatic heterocycles. The molecule has 47 heavy (non-hydrogen) atoms. The molecule has 0 fully saturated rings. The van der Waals surface area contributed by atoms with Crippen LogP contribution in [0.4, 0.5) is 5.69 Å². The maximum absolute atomic E-state index is 14.6. The number of carbonyl (C=O) groups excluding carboxylic acids is 2. The van der Waals surface area contributed by atoms with Gasteiger partial charge in [0.25, 0.3) is 10.0 Å². The summed E-state index contributed by atoms with van der Waals surface area (Å²) in [5.41, 5.74) is 3.01. The number of nitrogens with zero attached hydrogens (tertiary/aromatic N) is 2. The molecule has 0 heterocycles. The molecule has 248 valence electrons. The molecule has 0 aliphatic rings. The summed E-state index contributed by atoms with van der Waals surface area (Å²) in [6.07, 6.45) is 0.245. The fourth-order valence-corrected chi connectivity index (χ4v) is 6.54. The molecule has 0 spiro atoms. The van der Waals surface area contributed by atoms with Gasteiger partial charge < -0.3 is 15.0 Å². The molecule has 8 nitrogen and oxygen atoms in total. The van der Waals surface area contributed by atoms with Crippen LogP contribution in [0, 0.1) is 12.8 Å². The number of benzene rings is 4. The Balaban J connectivity index is 1.79. The van der Waals surface area contributed by atoms with Crippen molar-refractivity contribution >= 4 is 39.1 Å². The van der Waals surface area contributed by atoms with E-state index >= 15 is 0 Å². The highest BCUT2D eigenvalue weighted by Crippen LogP contribution is 2.28. The lowest BCUT2D eigenvalue weighted by molar-refractivity contribution is -0.140. The minimum absolute atomic E-state index is 0.0239. The predicted molar refractivity (Wildman–Crippen MR) is 187 cm³/mol. The molecule has 10 heteroatoms. The predicted octanol–water partition coefficient (Wildman–Crippen LogP) is 6.65. The van der Waals surface area contributed by atoms with Crippen molar-refractivity contribution < 1.29 is 22.7 Å². The summed E-state index contributed by atoms with van der Waals surface area (Å²) in [7, 11) is -4.24. The molecule has 0 radical (unpaired) electrons. The number of nitrogens with one attached hydrogen (secondary N) is 1. The van der Waals surface area contributed by atoms with Gasteiger partial charge in [-0.05, 0) is 79.4 Å². The third kappa shape index (κ3) is 9.83. The van der Waals surface area contributed by atoms with Crippen molar-refractivity contribution in [2.45, 2.75) is 51.6 Å². The zero-order valence-electron chi connectivity index (χ0n) is 27.2. The Labute approximate surface area is 283 Å². The molecular weight excluding hydrogens is 634 g/mol. The number of amides is 2. The summed E-state index contributed by atoms with van der Waals surface area (Å²) in [6, 6.07) is 28.6. The van der Waals surface area contributed by atoms with Gasteiger partial charge in [0.2, 0.25) is 11.8 Å². The standard InChI is InChI=1S/C37H42ClN3O5S/c1-5-46-33-19-17-32(18-20-33)41(47(44,45)34-21-15-31(38)16-22-34)26-36(42)40(25-30-13-11-28(4)12-14-30)35(37(43)39-24-27(2)3)23-29-9-7-6-8-10-29/h6-22,27,35H,5,23-26H2,1-4H3,(H,39,43)/t35-/m0/s1. The molecule has 4 rings (SSSR count). The topological polar surface area (TPSA) is 96.0 Å². The second-order valence-electron chi connectivity index (χ2n) is 11.7. The van der Waals surface area contributed by atoms with Crippen molar-refractivity contribution in [1.29, 1.82) is 0 Å². The Kier molecular flexibility index (Phi) is 12.4. The van der Waals surface area contributed by atoms with Gasteiger partial charge in [-0.2, -0.15) is 0 Å². The van der Waals surface area contributed by atoms with E-state index in [1.54, 1.807) is 24.3 Å². The molecule has 4 aromatic carbocycles. The largest absolute Gasteiger partial charge is 0.494 e. The van der Waals surface area contributed by atoms with Gasteiger partial charge in [0.05, 0.1) is 17.2 Å². The van der Waals surface area contributed by atoms with E-state index in [9.17, 15) is 18.0 Å². The smallest absolute Gasteiger partial charge is 0.264 e. The lowest BCUT2D eigenvalue weighted by atomic mass is 10.0. The van der Waals surface area contributed by atoms with E-state index in [1.807, 2.05) is 82.3 Å². The first-order valence-electron chi connectivity index (χ1n) is 15.7. The van der Waals surface area contributed by atoms with Crippen LogP contribution in [0.2, 0.25) is 5.02 Å². The van der Waals surface area contributed by atoms with E-state index in [-0.39, 0.29) is 35.4 Å². The van der Waals surface area contributed by atoms with Crippen LogP contribution in [0.15, 0.2) is 108 Å². The molecule has 0 aliphatic heterocycles. The first-order valence-corrected chi connectivity index (χ1v) is 17.5. The summed E-state index contributed by atoms with van der Waals surface area (Å²) in [5, 5.41) is 3.39. The van der Waals surface area contributed by atoms with Crippen LogP contribution < -0.4 is 14.4 Å². The molecular formula is C37H42ClN3O5S. The van der Waals surface area contributed by atoms with Gasteiger partial charge in [0.1, 0.15) is 18.3 Å². The third-order valence-corrected chi connectivity index (χ3v) is 9.59. The summed E-state index contributed by atoms with van der Waals surface area (Å²) >= 11 is 6.07. The monoisotopic (exact) mass is 675 g/mol. The van der Waals surface area contributed by atoms with Gasteiger partial charge in [0, 0.05) is 24.5 Å². The van der Waals surface area contributed by atoms with Crippen molar-refractivity contribution in [2.75, 3.05) is 24.0 Å². The second-order valence-corrected chi connectivity index (χ2v) is 14.0. The van der Waals surface area contributed by atoms with E-state index in [0.717, 1.165) is 21.0 Å². The maximum Gasteiger partial charge on any atom is 0.264 e. The number of ether oxygens (including phenoxy) is 1. The van der Waals surface area contributed by atoms with Crippen molar-refractivity contribution in [3.8, 4) is 5.75 Å². The fraction of sp³-hybridized carbons (Fsp3) is 0.297. The van der Waals surface area contributed by atoms with Gasteiger partial charge in [-0.3, -0.25) is 13.9 Å². The highest BCUT2D eigenvalue weighted by molar-refractivity contribution is 7.92. The maximum atomic E-state index is 14.6. The van der Waals surface area contributed by atoms with Crippen LogP contribution in [0.25, 0.3) is 0 Å². The SMILES string of the molecule is CCOc1ccc(N(CC(=O)N(Cc2ccc(C)cc2)[C@@H](Cc2ccccc2)C(=O)NCC(C)C)S(=O)(=O)c2ccc(Cl)cc2)cc1. The van der Waals surface area contributed by atoms with E-state index in [4.69, 9.17) is 16.3 Å². The van der Waals surface area contributed by atoms with Crippen LogP contribution >= 0.6 is 11.6 Å². The van der Waals surface area contributed by atoms with E-state index < -0.39 is 28.5 Å². The number of sulfonamides is 1. The van der Waals surface area contributed by atoms with Gasteiger partial charge in [-0.15, -0.1) is 0 Å². The summed E-state index contributed by atoms with van der Waals surface area (Å²) in [4.78, 5) is 29.9. The van der Waals surface area contributed by atoms with Crippen molar-refractivity contribution in [3.05, 3.63) is 125 Å². The molecule has 0 aliphatic carbocycles. The Hall–Kier alpha value is -4.34. The van der Waals surface area contributed by atoms with Crippen LogP contribution in [-0.2, 0) is 32.6 Å². The van der Waals surface area contributed by atoms with E-state index in [0.29, 0.717) is 23.9 Å². The minimum Gasteiger partial charge on any atom is -0.494 e. The molecule has 0 saturated carbocycles. The number of carbonyl (C=O) groups is 2. The molecule has 1 atom stereocenters. The first-order chi connectivity index (χ1) is 22.5. The molecule has 1 N–H and O–H groups in total. The lowest BCUT2D eigenvalue weighted by Gasteiger charge is -2.34. The Bertz CT molecular complexity index is 1710. The fourth-order valence-electron chi connectivity index (χ4n) is 5.00. The Morgan fingerprint density at radius 2 is 1.49 bits per heavy atom. The summed E-state index contributed by atoms with van der Waals surface area (Å²) < 4.78 is 35.0. The highest BCUT2D eigenvalue weighted by atomic mass is 35.5. The average molecular weight is 676 g/mol. The zero-order valence-corrected chi connectivity index (χ0v) is 28.8. The van der Waals surface area contributed by atoms with Gasteiger partial charge in [-0.1, -0.05) is 85.6 Å². The number of rotatable bonds is 15. The first kappa shape index (κ1) is 35.5. The zero-order chi connectivity index (χ0) is 34.0. The molecule has 0 saturated heterocycles. The third-order valence-electron chi connectivity index (χ3n) is 7.55. The van der Waals surface area contributed by atoms with Gasteiger partial charge >= 0.3 is 0 Å². The number of hydrogen-bond donors (Lipinski definition) is 1. The lowest BCUT2D eigenvalue weighted by Crippen LogP contribution is -2.53. The highest BCUT2D eigenvalue weighted by Gasteiger charge is 2.34. The van der Waals surface area contributed by atoms with Crippen LogP contribution in [0.5, 0.6) is 5.75 Å². The van der Waals surface area contributed by atoms with Gasteiger partial charge in [0.15, 0.2) is 0 Å². The molecule has 0 bridgehead atoms. The Morgan fingerprint density at radius 1 is 0.851 bits per heavy atom. The molecule has 0 unspecified atom stereocenters. The number of anilines is 1. The number of aryl methyl sites for hydroxylation is 1. The second kappa shape index (κ2) is 16.5. The van der Waals surface area contributed by atoms with Crippen molar-refractivity contribution in [3.63, 3.8) is 0 Å². The number of halogens is 1. The average Bonchev–Trinajstić information content (AvgIpc) is 3.06. The number of hydrogen-bond acceptors (Lipinski definition) is 5. The van der Waals surface area contributed by atoms with E-state index in [2.05, 4.69) is 5.32 Å². The molecule has 2 amide bonds. The quantitative estimate of drug-likeness (QED) is 0.152. The van der Waals surface area contributed by atoms with Crippen LogP contribution in [0.3, 0.4) is 0 Å². The van der Waals surface area contributed by atoms with Gasteiger partial charge in [-0.25, -0.2) is 8.42 Å². The summed E-state index contributed by atoms with van der Waals surface area (Å²) in [6.45, 7) is 8.25. The molecule has 4 aromatic rings. The normalized spacial score (nSPS) is 12.0. The van der Waals surface area contributed by atoms with E-state index in [1.165, 1.54) is 29.2 Å². The van der Waals surface area contributed by atoms with Crippen molar-refractivity contribution in [2.24, 2.45) is 5.92 Å². The summed E-state index contributed by atoms with van der Waals surface area (Å²) in [5.74, 6) is -0.0803. The minimum atomic E-state index is -4.24. The Morgan fingerprint density at radius 3 is 2.09 bits per heavy atom.